The van der Waals surface area contributed by atoms with Gasteiger partial charge in [0, 0.05) is 18.6 Å². The minimum Gasteiger partial charge on any atom is -0.202 e. The van der Waals surface area contributed by atoms with Gasteiger partial charge in [0.05, 0.1) is 5.41 Å². The molecule has 0 bridgehead atoms. The van der Waals surface area contributed by atoms with Crippen molar-refractivity contribution in [2.75, 3.05) is 7.05 Å². The molecule has 0 N–H and O–H groups in total. The van der Waals surface area contributed by atoms with Crippen LogP contribution in [0.3, 0.4) is 0 Å². The second-order valence-corrected chi connectivity index (χ2v) is 6.82. The molecule has 1 aliphatic rings. The highest BCUT2D eigenvalue weighted by molar-refractivity contribution is 6.02. The first-order valence-electron chi connectivity index (χ1n) is 8.25. The van der Waals surface area contributed by atoms with Crippen molar-refractivity contribution in [2.24, 2.45) is 0 Å². The highest BCUT2D eigenvalue weighted by atomic mass is 15.0. The molecule has 4 rings (SSSR count). The van der Waals surface area contributed by atoms with Crippen molar-refractivity contribution < 1.29 is 4.58 Å². The van der Waals surface area contributed by atoms with E-state index in [0.29, 0.717) is 0 Å². The molecule has 0 radical (unpaired) electrons. The largest absolute Gasteiger partial charge is 0.209 e. The first-order chi connectivity index (χ1) is 11.1. The van der Waals surface area contributed by atoms with Crippen LogP contribution in [0.5, 0.6) is 0 Å². The van der Waals surface area contributed by atoms with E-state index in [-0.39, 0.29) is 5.41 Å². The predicted octanol–water partition coefficient (Wildman–Crippen LogP) is 5.09. The fraction of sp³-hybridized carbons (Fsp3) is 0.227. The molecule has 23 heavy (non-hydrogen) atoms. The molecule has 114 valence electrons. The van der Waals surface area contributed by atoms with E-state index in [1.165, 1.54) is 33.3 Å². The molecule has 1 nitrogen and oxygen atoms in total. The minimum absolute atomic E-state index is 0.0340. The number of nitrogens with zero attached hydrogens (tertiary/aromatic N) is 1. The van der Waals surface area contributed by atoms with E-state index in [4.69, 9.17) is 0 Å². The predicted molar refractivity (Wildman–Crippen MR) is 98.0 cm³/mol. The first-order valence-corrected chi connectivity index (χ1v) is 8.25. The van der Waals surface area contributed by atoms with Crippen LogP contribution in [0.2, 0.25) is 0 Å². The zero-order valence-corrected chi connectivity index (χ0v) is 14.0. The maximum Gasteiger partial charge on any atom is 0.209 e. The lowest BCUT2D eigenvalue weighted by atomic mass is 9.73. The lowest BCUT2D eigenvalue weighted by Crippen LogP contribution is -2.32. The number of benzene rings is 3. The maximum atomic E-state index is 2.39. The zero-order chi connectivity index (χ0) is 16.0. The second kappa shape index (κ2) is 5.06. The van der Waals surface area contributed by atoms with E-state index < -0.39 is 0 Å². The normalized spacial score (nSPS) is 20.1. The van der Waals surface area contributed by atoms with Crippen LogP contribution in [0.25, 0.3) is 10.8 Å². The Kier molecular flexibility index (Phi) is 3.12. The Bertz CT molecular complexity index is 921. The molecule has 0 saturated heterocycles. The van der Waals surface area contributed by atoms with Gasteiger partial charge in [-0.1, -0.05) is 54.6 Å². The Morgan fingerprint density at radius 3 is 2.35 bits per heavy atom. The molecule has 0 spiro atoms. The molecule has 0 fully saturated rings. The van der Waals surface area contributed by atoms with E-state index in [9.17, 15) is 0 Å². The van der Waals surface area contributed by atoms with Gasteiger partial charge in [-0.3, -0.25) is 0 Å². The average molecular weight is 300 g/mol. The maximum absolute atomic E-state index is 2.39. The standard InChI is InChI=1S/C22H22N/c1-16-22(2,15-17-9-5-4-6-10-17)21-19-12-8-7-11-18(19)13-14-20(21)23(16)3/h4-14H,15H2,1-3H3/q+1/t22-/m1/s1. The molecule has 3 aromatic rings. The molecule has 1 atom stereocenters. The summed E-state index contributed by atoms with van der Waals surface area (Å²) < 4.78 is 2.37. The van der Waals surface area contributed by atoms with Crippen LogP contribution in [0.1, 0.15) is 25.0 Å². The SMILES string of the molecule is CC1=[N+](C)c2ccc3ccccc3c2[C@]1(C)Cc1ccccc1. The van der Waals surface area contributed by atoms with Crippen molar-refractivity contribution in [1.82, 2.24) is 0 Å². The van der Waals surface area contributed by atoms with E-state index >= 15 is 0 Å². The first kappa shape index (κ1) is 14.2. The smallest absolute Gasteiger partial charge is 0.202 e. The molecule has 1 heterocycles. The Labute approximate surface area is 137 Å². The van der Waals surface area contributed by atoms with Crippen LogP contribution in [0.4, 0.5) is 5.69 Å². The monoisotopic (exact) mass is 300 g/mol. The quantitative estimate of drug-likeness (QED) is 0.580. The third-order valence-electron chi connectivity index (χ3n) is 5.52. The van der Waals surface area contributed by atoms with Gasteiger partial charge in [0.2, 0.25) is 5.69 Å². The summed E-state index contributed by atoms with van der Waals surface area (Å²) in [6.45, 7) is 4.67. The minimum atomic E-state index is 0.0340. The molecular formula is C22H22N+. The highest BCUT2D eigenvalue weighted by Gasteiger charge is 2.46. The molecule has 3 aromatic carbocycles. The summed E-state index contributed by atoms with van der Waals surface area (Å²) in [6.07, 6.45) is 1.03. The molecule has 0 saturated carbocycles. The summed E-state index contributed by atoms with van der Waals surface area (Å²) in [4.78, 5) is 0. The van der Waals surface area contributed by atoms with Gasteiger partial charge in [-0.25, -0.2) is 4.58 Å². The van der Waals surface area contributed by atoms with Gasteiger partial charge < -0.3 is 0 Å². The van der Waals surface area contributed by atoms with Crippen LogP contribution < -0.4 is 0 Å². The van der Waals surface area contributed by atoms with Gasteiger partial charge in [-0.15, -0.1) is 0 Å². The Morgan fingerprint density at radius 2 is 1.57 bits per heavy atom. The number of rotatable bonds is 2. The zero-order valence-electron chi connectivity index (χ0n) is 14.0. The van der Waals surface area contributed by atoms with E-state index in [2.05, 4.69) is 92.2 Å². The third kappa shape index (κ3) is 2.03. The molecule has 0 unspecified atom stereocenters. The van der Waals surface area contributed by atoms with Gasteiger partial charge in [-0.05, 0) is 35.7 Å². The summed E-state index contributed by atoms with van der Waals surface area (Å²) >= 11 is 0. The fourth-order valence-electron chi connectivity index (χ4n) is 4.07. The highest BCUT2D eigenvalue weighted by Crippen LogP contribution is 2.45. The molecule has 1 aliphatic heterocycles. The average Bonchev–Trinajstić information content (AvgIpc) is 2.78. The lowest BCUT2D eigenvalue weighted by molar-refractivity contribution is -0.403. The molecule has 1 heteroatoms. The van der Waals surface area contributed by atoms with E-state index in [1.807, 2.05) is 0 Å². The van der Waals surface area contributed by atoms with E-state index in [0.717, 1.165) is 6.42 Å². The van der Waals surface area contributed by atoms with Crippen LogP contribution in [0, 0.1) is 0 Å². The van der Waals surface area contributed by atoms with Crippen molar-refractivity contribution in [3.63, 3.8) is 0 Å². The van der Waals surface area contributed by atoms with Gasteiger partial charge in [0.1, 0.15) is 7.05 Å². The van der Waals surface area contributed by atoms with Crippen molar-refractivity contribution in [2.45, 2.75) is 25.7 Å². The lowest BCUT2D eigenvalue weighted by Gasteiger charge is -2.23. The second-order valence-electron chi connectivity index (χ2n) is 6.82. The fourth-order valence-corrected chi connectivity index (χ4v) is 4.07. The van der Waals surface area contributed by atoms with Crippen molar-refractivity contribution >= 4 is 22.2 Å². The molecule has 0 amide bonds. The van der Waals surface area contributed by atoms with Gasteiger partial charge in [-0.2, -0.15) is 0 Å². The van der Waals surface area contributed by atoms with Gasteiger partial charge in [0.15, 0.2) is 5.71 Å². The molecule has 0 aromatic heterocycles. The number of fused-ring (bicyclic) bond motifs is 3. The Morgan fingerprint density at radius 1 is 0.870 bits per heavy atom. The van der Waals surface area contributed by atoms with Crippen molar-refractivity contribution in [3.8, 4) is 0 Å². The summed E-state index contributed by atoms with van der Waals surface area (Å²) in [5.41, 5.74) is 5.67. The number of hydrogen-bond donors (Lipinski definition) is 0. The Balaban J connectivity index is 1.97. The van der Waals surface area contributed by atoms with Gasteiger partial charge in [0.25, 0.3) is 0 Å². The molecule has 0 aliphatic carbocycles. The summed E-state index contributed by atoms with van der Waals surface area (Å²) in [5.74, 6) is 0. The number of hydrogen-bond acceptors (Lipinski definition) is 0. The third-order valence-corrected chi connectivity index (χ3v) is 5.52. The van der Waals surface area contributed by atoms with Crippen LogP contribution in [0.15, 0.2) is 66.7 Å². The summed E-state index contributed by atoms with van der Waals surface area (Å²) in [5, 5.41) is 2.71. The Hall–Kier alpha value is -2.41. The van der Waals surface area contributed by atoms with Crippen molar-refractivity contribution in [3.05, 3.63) is 77.9 Å². The van der Waals surface area contributed by atoms with Crippen LogP contribution in [-0.2, 0) is 11.8 Å². The summed E-state index contributed by atoms with van der Waals surface area (Å²) in [7, 11) is 2.19. The molecular weight excluding hydrogens is 278 g/mol. The van der Waals surface area contributed by atoms with E-state index in [1.54, 1.807) is 0 Å². The van der Waals surface area contributed by atoms with Crippen molar-refractivity contribution in [1.29, 1.82) is 0 Å². The topological polar surface area (TPSA) is 3.01 Å². The van der Waals surface area contributed by atoms with Crippen LogP contribution in [-0.4, -0.2) is 17.3 Å². The van der Waals surface area contributed by atoms with Crippen LogP contribution >= 0.6 is 0 Å². The summed E-state index contributed by atoms with van der Waals surface area (Å²) in [6, 6.07) is 24.1. The van der Waals surface area contributed by atoms with Gasteiger partial charge >= 0.3 is 0 Å².